The largest absolute Gasteiger partial charge is 0.496 e. The summed E-state index contributed by atoms with van der Waals surface area (Å²) in [6, 6.07) is 5.59. The molecule has 0 aliphatic heterocycles. The molecule has 2 nitrogen and oxygen atoms in total. The van der Waals surface area contributed by atoms with Gasteiger partial charge in [-0.15, -0.1) is 0 Å². The Hall–Kier alpha value is -0.250. The number of alkyl halides is 2. The normalized spacial score (nSPS) is 22.8. The van der Waals surface area contributed by atoms with Crippen molar-refractivity contribution in [3.63, 3.8) is 0 Å². The molecule has 0 aromatic heterocycles. The van der Waals surface area contributed by atoms with Crippen molar-refractivity contribution in [1.29, 1.82) is 0 Å². The maximum Gasteiger partial charge on any atom is 0.183 e. The van der Waals surface area contributed by atoms with Crippen LogP contribution in [0.3, 0.4) is 0 Å². The lowest BCUT2D eigenvalue weighted by atomic mass is 9.77. The van der Waals surface area contributed by atoms with E-state index >= 15 is 0 Å². The number of rotatable bonds is 2. The van der Waals surface area contributed by atoms with E-state index < -0.39 is 4.33 Å². The number of methoxy groups -OCH3 is 1. The van der Waals surface area contributed by atoms with E-state index in [1.807, 2.05) is 18.2 Å². The lowest BCUT2D eigenvalue weighted by Gasteiger charge is -2.38. The smallest absolute Gasteiger partial charge is 0.183 e. The summed E-state index contributed by atoms with van der Waals surface area (Å²) in [7, 11) is 1.58. The highest BCUT2D eigenvalue weighted by Gasteiger charge is 2.53. The Labute approximate surface area is 112 Å². The first-order chi connectivity index (χ1) is 7.46. The molecule has 0 bridgehead atoms. The Kier molecular flexibility index (Phi) is 3.21. The van der Waals surface area contributed by atoms with Crippen LogP contribution in [0, 0.1) is 0 Å². The molecule has 0 N–H and O–H groups in total. The van der Waals surface area contributed by atoms with Crippen LogP contribution in [-0.4, -0.2) is 17.2 Å². The van der Waals surface area contributed by atoms with E-state index in [4.69, 9.17) is 27.9 Å². The molecule has 1 fully saturated rings. The molecule has 1 aromatic carbocycles. The molecule has 0 saturated heterocycles. The van der Waals surface area contributed by atoms with Gasteiger partial charge in [0.15, 0.2) is 10.1 Å². The Bertz CT molecular complexity index is 446. The number of halogens is 3. The van der Waals surface area contributed by atoms with Gasteiger partial charge in [-0.3, -0.25) is 4.79 Å². The van der Waals surface area contributed by atoms with Crippen LogP contribution in [-0.2, 0) is 4.79 Å². The van der Waals surface area contributed by atoms with Gasteiger partial charge in [0.05, 0.1) is 7.11 Å². The second-order valence-electron chi connectivity index (χ2n) is 3.69. The lowest BCUT2D eigenvalue weighted by Crippen LogP contribution is -2.45. The summed E-state index contributed by atoms with van der Waals surface area (Å²) in [6.07, 6.45) is 0.366. The minimum Gasteiger partial charge on any atom is -0.496 e. The van der Waals surface area contributed by atoms with Gasteiger partial charge in [0.2, 0.25) is 0 Å². The van der Waals surface area contributed by atoms with Crippen LogP contribution in [0.2, 0.25) is 0 Å². The van der Waals surface area contributed by atoms with Gasteiger partial charge in [-0.25, -0.2) is 0 Å². The molecule has 2 rings (SSSR count). The molecule has 0 radical (unpaired) electrons. The molecule has 1 atom stereocenters. The molecule has 1 aliphatic carbocycles. The second-order valence-corrected chi connectivity index (χ2v) is 5.99. The SMILES string of the molecule is COc1cc(Br)ccc1[C@H]1CC(=O)C1(Cl)Cl. The molecule has 5 heteroatoms. The van der Waals surface area contributed by atoms with Crippen molar-refractivity contribution in [2.24, 2.45) is 0 Å². The van der Waals surface area contributed by atoms with Crippen LogP contribution < -0.4 is 4.74 Å². The van der Waals surface area contributed by atoms with E-state index in [2.05, 4.69) is 15.9 Å². The quantitative estimate of drug-likeness (QED) is 0.776. The highest BCUT2D eigenvalue weighted by atomic mass is 79.9. The summed E-state index contributed by atoms with van der Waals surface area (Å²) in [6.45, 7) is 0. The Morgan fingerprint density at radius 1 is 1.50 bits per heavy atom. The van der Waals surface area contributed by atoms with E-state index in [0.717, 1.165) is 10.0 Å². The van der Waals surface area contributed by atoms with Crippen molar-refractivity contribution in [3.05, 3.63) is 28.2 Å². The van der Waals surface area contributed by atoms with E-state index in [9.17, 15) is 4.79 Å². The van der Waals surface area contributed by atoms with Gasteiger partial charge in [-0.05, 0) is 12.1 Å². The van der Waals surface area contributed by atoms with Crippen molar-refractivity contribution in [3.8, 4) is 5.75 Å². The first-order valence-electron chi connectivity index (χ1n) is 4.71. The number of Topliss-reactive ketones (excluding diaryl/α,β-unsaturated/α-hetero) is 1. The second kappa shape index (κ2) is 4.21. The molecule has 0 spiro atoms. The van der Waals surface area contributed by atoms with Crippen LogP contribution in [0.25, 0.3) is 0 Å². The number of carbonyl (C=O) groups is 1. The molecular formula is C11H9BrCl2O2. The zero-order valence-electron chi connectivity index (χ0n) is 8.47. The average Bonchev–Trinajstić information content (AvgIpc) is 2.26. The van der Waals surface area contributed by atoms with E-state index in [1.54, 1.807) is 7.11 Å². The minimum atomic E-state index is -1.30. The predicted octanol–water partition coefficient (Wildman–Crippen LogP) is 3.69. The van der Waals surface area contributed by atoms with Gasteiger partial charge in [-0.2, -0.15) is 0 Å². The summed E-state index contributed by atoms with van der Waals surface area (Å²) < 4.78 is 4.86. The zero-order valence-corrected chi connectivity index (χ0v) is 11.6. The monoisotopic (exact) mass is 322 g/mol. The van der Waals surface area contributed by atoms with Crippen molar-refractivity contribution in [1.82, 2.24) is 0 Å². The molecule has 1 saturated carbocycles. The molecule has 1 aromatic rings. The van der Waals surface area contributed by atoms with E-state index in [-0.39, 0.29) is 11.7 Å². The third-order valence-corrected chi connectivity index (χ3v) is 4.21. The molecule has 0 heterocycles. The van der Waals surface area contributed by atoms with Crippen LogP contribution in [0.4, 0.5) is 0 Å². The highest BCUT2D eigenvalue weighted by molar-refractivity contribution is 9.10. The first-order valence-corrected chi connectivity index (χ1v) is 6.26. The van der Waals surface area contributed by atoms with Gasteiger partial charge < -0.3 is 4.74 Å². The van der Waals surface area contributed by atoms with Gasteiger partial charge in [0.25, 0.3) is 0 Å². The third-order valence-electron chi connectivity index (χ3n) is 2.77. The van der Waals surface area contributed by atoms with Crippen LogP contribution in [0.15, 0.2) is 22.7 Å². The van der Waals surface area contributed by atoms with Crippen molar-refractivity contribution < 1.29 is 9.53 Å². The Balaban J connectivity index is 2.39. The Morgan fingerprint density at radius 3 is 2.69 bits per heavy atom. The highest BCUT2D eigenvalue weighted by Crippen LogP contribution is 2.52. The summed E-state index contributed by atoms with van der Waals surface area (Å²) in [5.41, 5.74) is 0.871. The summed E-state index contributed by atoms with van der Waals surface area (Å²) in [4.78, 5) is 11.3. The number of ether oxygens (including phenoxy) is 1. The summed E-state index contributed by atoms with van der Waals surface area (Å²) in [5.74, 6) is 0.370. The van der Waals surface area contributed by atoms with E-state index in [1.165, 1.54) is 0 Å². The number of ketones is 1. The standard InChI is InChI=1S/C11H9BrCl2O2/c1-16-9-4-6(12)2-3-7(9)8-5-10(15)11(8,13)14/h2-4,8H,5H2,1H3/t8-/m1/s1. The fourth-order valence-corrected chi connectivity index (χ4v) is 2.67. The molecule has 86 valence electrons. The van der Waals surface area contributed by atoms with Crippen LogP contribution >= 0.6 is 39.1 Å². The van der Waals surface area contributed by atoms with Gasteiger partial charge in [0, 0.05) is 22.4 Å². The lowest BCUT2D eigenvalue weighted by molar-refractivity contribution is -0.125. The molecular weight excluding hydrogens is 315 g/mol. The van der Waals surface area contributed by atoms with Crippen LogP contribution in [0.1, 0.15) is 17.9 Å². The third kappa shape index (κ3) is 1.85. The van der Waals surface area contributed by atoms with Crippen molar-refractivity contribution >= 4 is 44.9 Å². The predicted molar refractivity (Wildman–Crippen MR) is 67.5 cm³/mol. The topological polar surface area (TPSA) is 26.3 Å². The van der Waals surface area contributed by atoms with Gasteiger partial charge >= 0.3 is 0 Å². The summed E-state index contributed by atoms with van der Waals surface area (Å²) >= 11 is 15.3. The Morgan fingerprint density at radius 2 is 2.19 bits per heavy atom. The maximum atomic E-state index is 11.3. The fraction of sp³-hybridized carbons (Fsp3) is 0.364. The van der Waals surface area contributed by atoms with Gasteiger partial charge in [0.1, 0.15) is 5.75 Å². The van der Waals surface area contributed by atoms with Crippen molar-refractivity contribution in [2.45, 2.75) is 16.7 Å². The average molecular weight is 324 g/mol. The van der Waals surface area contributed by atoms with Crippen molar-refractivity contribution in [2.75, 3.05) is 7.11 Å². The molecule has 0 unspecified atom stereocenters. The molecule has 1 aliphatic rings. The molecule has 0 amide bonds. The zero-order chi connectivity index (χ0) is 11.9. The minimum absolute atomic E-state index is 0.134. The summed E-state index contributed by atoms with van der Waals surface area (Å²) in [5, 5.41) is 0. The van der Waals surface area contributed by atoms with Crippen LogP contribution in [0.5, 0.6) is 5.75 Å². The first kappa shape index (κ1) is 12.2. The molecule has 16 heavy (non-hydrogen) atoms. The van der Waals surface area contributed by atoms with Gasteiger partial charge in [-0.1, -0.05) is 45.2 Å². The van der Waals surface area contributed by atoms with E-state index in [0.29, 0.717) is 12.2 Å². The number of hydrogen-bond donors (Lipinski definition) is 0. The maximum absolute atomic E-state index is 11.3. The fourth-order valence-electron chi connectivity index (χ4n) is 1.79. The number of carbonyl (C=O) groups excluding carboxylic acids is 1. The number of benzene rings is 1. The number of hydrogen-bond acceptors (Lipinski definition) is 2.